The Morgan fingerprint density at radius 3 is 3.14 bits per heavy atom. The van der Waals surface area contributed by atoms with Crippen molar-refractivity contribution in [3.05, 3.63) is 10.4 Å². The maximum Gasteiger partial charge on any atom is 0.0552 e. The van der Waals surface area contributed by atoms with E-state index < -0.39 is 0 Å². The van der Waals surface area contributed by atoms with E-state index in [0.717, 1.165) is 32.5 Å². The summed E-state index contributed by atoms with van der Waals surface area (Å²) in [4.78, 5) is 4.98. The predicted molar refractivity (Wildman–Crippen MR) is 54.9 cm³/mol. The Hall–Kier alpha value is -0.770. The molecule has 1 rings (SSSR count). The zero-order chi connectivity index (χ0) is 10.4. The SMILES string of the molecule is C[C@H](O)[C@H]1CCCN(CCN=[N+]=[N-])C1. The van der Waals surface area contributed by atoms with Gasteiger partial charge in [0.1, 0.15) is 0 Å². The number of azide groups is 1. The van der Waals surface area contributed by atoms with Gasteiger partial charge in [0.15, 0.2) is 0 Å². The summed E-state index contributed by atoms with van der Waals surface area (Å²) in [5.74, 6) is 0.384. The summed E-state index contributed by atoms with van der Waals surface area (Å²) < 4.78 is 0. The summed E-state index contributed by atoms with van der Waals surface area (Å²) in [5.41, 5.74) is 8.14. The highest BCUT2D eigenvalue weighted by atomic mass is 16.3. The molecular weight excluding hydrogens is 180 g/mol. The fourth-order valence-electron chi connectivity index (χ4n) is 1.92. The largest absolute Gasteiger partial charge is 0.393 e. The molecule has 0 unspecified atom stereocenters. The van der Waals surface area contributed by atoms with Crippen molar-refractivity contribution in [2.24, 2.45) is 11.0 Å². The highest BCUT2D eigenvalue weighted by molar-refractivity contribution is 4.76. The molecule has 14 heavy (non-hydrogen) atoms. The second-order valence-corrected chi connectivity index (χ2v) is 3.90. The maximum atomic E-state index is 9.46. The molecule has 0 amide bonds. The summed E-state index contributed by atoms with van der Waals surface area (Å²) in [6.45, 7) is 5.18. The standard InChI is InChI=1S/C9H18N4O/c1-8(14)9-3-2-5-13(7-9)6-4-11-12-10/h8-9,14H,2-7H2,1H3/t8-,9-/m0/s1. The second kappa shape index (κ2) is 5.86. The first kappa shape index (κ1) is 11.3. The van der Waals surface area contributed by atoms with E-state index in [9.17, 15) is 5.11 Å². The molecule has 1 fully saturated rings. The van der Waals surface area contributed by atoms with E-state index in [1.165, 1.54) is 0 Å². The van der Waals surface area contributed by atoms with Crippen molar-refractivity contribution in [2.45, 2.75) is 25.9 Å². The molecule has 0 saturated carbocycles. The van der Waals surface area contributed by atoms with Crippen molar-refractivity contribution in [3.8, 4) is 0 Å². The van der Waals surface area contributed by atoms with Crippen molar-refractivity contribution in [3.63, 3.8) is 0 Å². The minimum absolute atomic E-state index is 0.225. The topological polar surface area (TPSA) is 72.2 Å². The van der Waals surface area contributed by atoms with Gasteiger partial charge in [-0.05, 0) is 37.8 Å². The van der Waals surface area contributed by atoms with E-state index in [1.54, 1.807) is 0 Å². The van der Waals surface area contributed by atoms with Crippen molar-refractivity contribution in [1.82, 2.24) is 4.90 Å². The molecule has 0 spiro atoms. The van der Waals surface area contributed by atoms with Gasteiger partial charge in [-0.3, -0.25) is 0 Å². The van der Waals surface area contributed by atoms with Crippen LogP contribution in [0.25, 0.3) is 10.4 Å². The van der Waals surface area contributed by atoms with Crippen molar-refractivity contribution < 1.29 is 5.11 Å². The van der Waals surface area contributed by atoms with E-state index in [4.69, 9.17) is 5.53 Å². The van der Waals surface area contributed by atoms with Gasteiger partial charge in [0.25, 0.3) is 0 Å². The van der Waals surface area contributed by atoms with Crippen LogP contribution in [0.3, 0.4) is 0 Å². The Morgan fingerprint density at radius 2 is 2.50 bits per heavy atom. The summed E-state index contributed by atoms with van der Waals surface area (Å²) in [6, 6.07) is 0. The number of aliphatic hydroxyl groups excluding tert-OH is 1. The van der Waals surface area contributed by atoms with Gasteiger partial charge in [0.05, 0.1) is 6.10 Å². The average Bonchev–Trinajstić information content (AvgIpc) is 2.19. The molecular formula is C9H18N4O. The van der Waals surface area contributed by atoms with E-state index in [1.807, 2.05) is 6.92 Å². The van der Waals surface area contributed by atoms with E-state index in [0.29, 0.717) is 12.5 Å². The predicted octanol–water partition coefficient (Wildman–Crippen LogP) is 1.39. The molecule has 5 nitrogen and oxygen atoms in total. The first-order valence-corrected chi connectivity index (χ1v) is 5.15. The zero-order valence-electron chi connectivity index (χ0n) is 8.63. The van der Waals surface area contributed by atoms with Crippen LogP contribution in [0.4, 0.5) is 0 Å². The van der Waals surface area contributed by atoms with E-state index in [-0.39, 0.29) is 6.10 Å². The van der Waals surface area contributed by atoms with E-state index >= 15 is 0 Å². The molecule has 0 bridgehead atoms. The number of piperidine rings is 1. The monoisotopic (exact) mass is 198 g/mol. The molecule has 0 aromatic rings. The summed E-state index contributed by atoms with van der Waals surface area (Å²) >= 11 is 0. The Labute approximate surface area is 84.3 Å². The smallest absolute Gasteiger partial charge is 0.0552 e. The fourth-order valence-corrected chi connectivity index (χ4v) is 1.92. The molecule has 80 valence electrons. The zero-order valence-corrected chi connectivity index (χ0v) is 8.63. The Bertz CT molecular complexity index is 213. The first-order valence-electron chi connectivity index (χ1n) is 5.15. The summed E-state index contributed by atoms with van der Waals surface area (Å²) in [6.07, 6.45) is 2.01. The Kier molecular flexibility index (Phi) is 4.73. The number of likely N-dealkylation sites (tertiary alicyclic amines) is 1. The van der Waals surface area contributed by atoms with Crippen LogP contribution in [0.1, 0.15) is 19.8 Å². The van der Waals surface area contributed by atoms with Crippen LogP contribution in [-0.4, -0.2) is 42.3 Å². The number of aliphatic hydroxyl groups is 1. The van der Waals surface area contributed by atoms with Crippen LogP contribution in [0.15, 0.2) is 5.11 Å². The van der Waals surface area contributed by atoms with Gasteiger partial charge in [-0.15, -0.1) is 0 Å². The van der Waals surface area contributed by atoms with Crippen LogP contribution in [-0.2, 0) is 0 Å². The molecule has 1 aliphatic heterocycles. The molecule has 1 heterocycles. The summed E-state index contributed by atoms with van der Waals surface area (Å²) in [5, 5.41) is 13.0. The maximum absolute atomic E-state index is 9.46. The summed E-state index contributed by atoms with van der Waals surface area (Å²) in [7, 11) is 0. The molecule has 5 heteroatoms. The van der Waals surface area contributed by atoms with Gasteiger partial charge >= 0.3 is 0 Å². The van der Waals surface area contributed by atoms with Crippen LogP contribution in [0.5, 0.6) is 0 Å². The lowest BCUT2D eigenvalue weighted by atomic mass is 9.93. The van der Waals surface area contributed by atoms with Crippen LogP contribution < -0.4 is 0 Å². The fraction of sp³-hybridized carbons (Fsp3) is 1.00. The number of hydrogen-bond acceptors (Lipinski definition) is 3. The molecule has 0 aromatic heterocycles. The lowest BCUT2D eigenvalue weighted by Gasteiger charge is -2.33. The molecule has 0 aliphatic carbocycles. The number of hydrogen-bond donors (Lipinski definition) is 1. The third-order valence-electron chi connectivity index (χ3n) is 2.80. The molecule has 0 radical (unpaired) electrons. The quantitative estimate of drug-likeness (QED) is 0.421. The van der Waals surface area contributed by atoms with Gasteiger partial charge in [0, 0.05) is 24.5 Å². The van der Waals surface area contributed by atoms with Gasteiger partial charge in [-0.2, -0.15) is 0 Å². The second-order valence-electron chi connectivity index (χ2n) is 3.90. The van der Waals surface area contributed by atoms with Gasteiger partial charge in [0.2, 0.25) is 0 Å². The van der Waals surface area contributed by atoms with Crippen molar-refractivity contribution >= 4 is 0 Å². The van der Waals surface area contributed by atoms with Crippen LogP contribution in [0, 0.1) is 5.92 Å². The molecule has 1 N–H and O–H groups in total. The normalized spacial score (nSPS) is 25.4. The minimum atomic E-state index is -0.225. The van der Waals surface area contributed by atoms with Crippen molar-refractivity contribution in [1.29, 1.82) is 0 Å². The Morgan fingerprint density at radius 1 is 1.71 bits per heavy atom. The Balaban J connectivity index is 2.28. The lowest BCUT2D eigenvalue weighted by molar-refractivity contribution is 0.0642. The van der Waals surface area contributed by atoms with Gasteiger partial charge < -0.3 is 10.0 Å². The highest BCUT2D eigenvalue weighted by Crippen LogP contribution is 2.19. The molecule has 1 saturated heterocycles. The number of rotatable bonds is 4. The first-order chi connectivity index (χ1) is 6.74. The average molecular weight is 198 g/mol. The highest BCUT2D eigenvalue weighted by Gasteiger charge is 2.22. The lowest BCUT2D eigenvalue weighted by Crippen LogP contribution is -2.40. The van der Waals surface area contributed by atoms with Crippen LogP contribution in [0.2, 0.25) is 0 Å². The van der Waals surface area contributed by atoms with Gasteiger partial charge in [-0.1, -0.05) is 5.11 Å². The van der Waals surface area contributed by atoms with Crippen molar-refractivity contribution in [2.75, 3.05) is 26.2 Å². The van der Waals surface area contributed by atoms with Crippen LogP contribution >= 0.6 is 0 Å². The number of nitrogens with zero attached hydrogens (tertiary/aromatic N) is 4. The van der Waals surface area contributed by atoms with E-state index in [2.05, 4.69) is 14.9 Å². The minimum Gasteiger partial charge on any atom is -0.393 e. The third-order valence-corrected chi connectivity index (χ3v) is 2.80. The molecule has 0 aromatic carbocycles. The molecule has 1 aliphatic rings. The third kappa shape index (κ3) is 3.54. The molecule has 2 atom stereocenters. The van der Waals surface area contributed by atoms with Gasteiger partial charge in [-0.25, -0.2) is 0 Å².